The first-order valence-electron chi connectivity index (χ1n) is 5.44. The van der Waals surface area contributed by atoms with Gasteiger partial charge in [-0.25, -0.2) is 4.79 Å². The van der Waals surface area contributed by atoms with Crippen molar-refractivity contribution in [3.05, 3.63) is 54.1 Å². The van der Waals surface area contributed by atoms with Gasteiger partial charge in [-0.05, 0) is 30.3 Å². The maximum atomic E-state index is 11.3. The highest BCUT2D eigenvalue weighted by Crippen LogP contribution is 2.27. The molecule has 2 rings (SSSR count). The van der Waals surface area contributed by atoms with Gasteiger partial charge >= 0.3 is 5.97 Å². The lowest BCUT2D eigenvalue weighted by Crippen LogP contribution is -2.01. The number of nitrogens with one attached hydrogen (secondary N) is 1. The van der Waals surface area contributed by atoms with Crippen molar-refractivity contribution >= 4 is 17.3 Å². The zero-order valence-corrected chi connectivity index (χ0v) is 9.88. The summed E-state index contributed by atoms with van der Waals surface area (Å²) in [5.41, 5.74) is 1.71. The van der Waals surface area contributed by atoms with E-state index in [9.17, 15) is 9.90 Å². The number of phenolic OH excluding ortho intramolecular Hbond substituents is 1. The summed E-state index contributed by atoms with van der Waals surface area (Å²) < 4.78 is 4.58. The third kappa shape index (κ3) is 2.60. The topological polar surface area (TPSA) is 58.6 Å². The number of rotatable bonds is 3. The van der Waals surface area contributed by atoms with E-state index in [1.807, 2.05) is 30.3 Å². The smallest absolute Gasteiger partial charge is 0.337 e. The number of carbonyl (C=O) groups is 1. The van der Waals surface area contributed by atoms with Crippen LogP contribution in [0, 0.1) is 0 Å². The van der Waals surface area contributed by atoms with E-state index in [2.05, 4.69) is 10.1 Å². The second kappa shape index (κ2) is 5.23. The number of ether oxygens (including phenoxy) is 1. The minimum atomic E-state index is -0.475. The van der Waals surface area contributed by atoms with E-state index in [0.717, 1.165) is 5.69 Å². The molecule has 2 aromatic carbocycles. The van der Waals surface area contributed by atoms with E-state index >= 15 is 0 Å². The molecule has 0 saturated heterocycles. The zero-order valence-electron chi connectivity index (χ0n) is 9.88. The van der Waals surface area contributed by atoms with Gasteiger partial charge < -0.3 is 15.2 Å². The molecule has 0 atom stereocenters. The van der Waals surface area contributed by atoms with Crippen LogP contribution in [0.5, 0.6) is 5.75 Å². The highest BCUT2D eigenvalue weighted by Gasteiger charge is 2.09. The highest BCUT2D eigenvalue weighted by molar-refractivity contribution is 5.90. The van der Waals surface area contributed by atoms with E-state index in [4.69, 9.17) is 0 Å². The second-order valence-corrected chi connectivity index (χ2v) is 3.71. The lowest BCUT2D eigenvalue weighted by Gasteiger charge is -2.09. The van der Waals surface area contributed by atoms with E-state index < -0.39 is 5.97 Å². The van der Waals surface area contributed by atoms with Gasteiger partial charge in [-0.2, -0.15) is 0 Å². The Morgan fingerprint density at radius 3 is 2.50 bits per heavy atom. The Morgan fingerprint density at radius 2 is 1.89 bits per heavy atom. The van der Waals surface area contributed by atoms with Crippen molar-refractivity contribution in [3.63, 3.8) is 0 Å². The number of esters is 1. The highest BCUT2D eigenvalue weighted by atomic mass is 16.5. The molecule has 0 aliphatic carbocycles. The number of methoxy groups -OCH3 is 1. The summed E-state index contributed by atoms with van der Waals surface area (Å²) in [7, 11) is 1.30. The summed E-state index contributed by atoms with van der Waals surface area (Å²) in [6, 6.07) is 14.1. The fourth-order valence-electron chi connectivity index (χ4n) is 1.56. The Labute approximate surface area is 105 Å². The van der Waals surface area contributed by atoms with Gasteiger partial charge in [0.25, 0.3) is 0 Å². The normalized spacial score (nSPS) is 9.83. The maximum absolute atomic E-state index is 11.3. The van der Waals surface area contributed by atoms with E-state index in [0.29, 0.717) is 11.3 Å². The summed E-state index contributed by atoms with van der Waals surface area (Å²) in [6.07, 6.45) is 0. The summed E-state index contributed by atoms with van der Waals surface area (Å²) >= 11 is 0. The van der Waals surface area contributed by atoms with Crippen molar-refractivity contribution in [2.45, 2.75) is 0 Å². The number of aromatic hydroxyl groups is 1. The number of benzene rings is 2. The van der Waals surface area contributed by atoms with E-state index in [1.165, 1.54) is 13.2 Å². The van der Waals surface area contributed by atoms with Gasteiger partial charge in [-0.15, -0.1) is 0 Å². The fraction of sp³-hybridized carbons (Fsp3) is 0.0714. The van der Waals surface area contributed by atoms with Gasteiger partial charge in [-0.1, -0.05) is 18.2 Å². The Kier molecular flexibility index (Phi) is 3.48. The van der Waals surface area contributed by atoms with E-state index in [-0.39, 0.29) is 5.75 Å². The van der Waals surface area contributed by atoms with Gasteiger partial charge in [-0.3, -0.25) is 0 Å². The average Bonchev–Trinajstić information content (AvgIpc) is 2.41. The predicted molar refractivity (Wildman–Crippen MR) is 69.2 cm³/mol. The molecule has 18 heavy (non-hydrogen) atoms. The molecule has 2 aromatic rings. The van der Waals surface area contributed by atoms with Crippen LogP contribution < -0.4 is 5.32 Å². The molecule has 0 radical (unpaired) electrons. The first kappa shape index (κ1) is 12.0. The lowest BCUT2D eigenvalue weighted by molar-refractivity contribution is 0.0600. The lowest BCUT2D eigenvalue weighted by atomic mass is 10.2. The maximum Gasteiger partial charge on any atom is 0.337 e. The summed E-state index contributed by atoms with van der Waals surface area (Å²) in [4.78, 5) is 11.3. The van der Waals surface area contributed by atoms with Crippen molar-refractivity contribution in [1.82, 2.24) is 0 Å². The summed E-state index contributed by atoms with van der Waals surface area (Å²) in [5.74, 6) is -0.474. The molecule has 0 unspecified atom stereocenters. The first-order valence-corrected chi connectivity index (χ1v) is 5.44. The number of hydrogen-bond donors (Lipinski definition) is 2. The molecular weight excluding hydrogens is 230 g/mol. The van der Waals surface area contributed by atoms with Crippen LogP contribution in [0.4, 0.5) is 11.4 Å². The van der Waals surface area contributed by atoms with Crippen LogP contribution in [0.1, 0.15) is 10.4 Å². The number of anilines is 2. The molecule has 0 saturated carbocycles. The molecule has 2 N–H and O–H groups in total. The van der Waals surface area contributed by atoms with Crippen molar-refractivity contribution in [3.8, 4) is 5.75 Å². The minimum absolute atomic E-state index is 0.00162. The van der Waals surface area contributed by atoms with Crippen LogP contribution in [0.3, 0.4) is 0 Å². The fourth-order valence-corrected chi connectivity index (χ4v) is 1.56. The minimum Gasteiger partial charge on any atom is -0.506 e. The monoisotopic (exact) mass is 243 g/mol. The van der Waals surface area contributed by atoms with Gasteiger partial charge in [0.1, 0.15) is 5.75 Å². The van der Waals surface area contributed by atoms with Crippen molar-refractivity contribution in [2.75, 3.05) is 12.4 Å². The molecular formula is C14H13NO3. The molecule has 0 bridgehead atoms. The van der Waals surface area contributed by atoms with Crippen molar-refractivity contribution in [1.29, 1.82) is 0 Å². The zero-order chi connectivity index (χ0) is 13.0. The molecule has 0 fully saturated rings. The number of carbonyl (C=O) groups excluding carboxylic acids is 1. The Morgan fingerprint density at radius 1 is 1.17 bits per heavy atom. The largest absolute Gasteiger partial charge is 0.506 e. The molecule has 0 aliphatic rings. The van der Waals surface area contributed by atoms with Crippen molar-refractivity contribution < 1.29 is 14.6 Å². The average molecular weight is 243 g/mol. The SMILES string of the molecule is COC(=O)c1ccc(Nc2ccccc2)c(O)c1. The van der Waals surface area contributed by atoms with Gasteiger partial charge in [0.05, 0.1) is 18.4 Å². The molecule has 0 spiro atoms. The van der Waals surface area contributed by atoms with E-state index in [1.54, 1.807) is 12.1 Å². The Bertz CT molecular complexity index is 552. The molecule has 0 amide bonds. The quantitative estimate of drug-likeness (QED) is 0.642. The molecule has 0 aliphatic heterocycles. The van der Waals surface area contributed by atoms with Crippen LogP contribution in [0.2, 0.25) is 0 Å². The summed E-state index contributed by atoms with van der Waals surface area (Å²) in [6.45, 7) is 0. The molecule has 4 nitrogen and oxygen atoms in total. The van der Waals surface area contributed by atoms with Crippen LogP contribution in [0.15, 0.2) is 48.5 Å². The number of phenols is 1. The van der Waals surface area contributed by atoms with Crippen molar-refractivity contribution in [2.24, 2.45) is 0 Å². The Balaban J connectivity index is 2.23. The van der Waals surface area contributed by atoms with Gasteiger partial charge in [0.2, 0.25) is 0 Å². The molecule has 0 heterocycles. The third-order valence-corrected chi connectivity index (χ3v) is 2.47. The number of para-hydroxylation sites is 1. The predicted octanol–water partition coefficient (Wildman–Crippen LogP) is 2.92. The van der Waals surface area contributed by atoms with Crippen LogP contribution >= 0.6 is 0 Å². The summed E-state index contributed by atoms with van der Waals surface area (Å²) in [5, 5.41) is 12.9. The Hall–Kier alpha value is -2.49. The van der Waals surface area contributed by atoms with Crippen LogP contribution in [-0.2, 0) is 4.74 Å². The third-order valence-electron chi connectivity index (χ3n) is 2.47. The number of hydrogen-bond acceptors (Lipinski definition) is 4. The van der Waals surface area contributed by atoms with Crippen LogP contribution in [0.25, 0.3) is 0 Å². The van der Waals surface area contributed by atoms with Gasteiger partial charge in [0, 0.05) is 5.69 Å². The van der Waals surface area contributed by atoms with Gasteiger partial charge in [0.15, 0.2) is 0 Å². The molecule has 4 heteroatoms. The molecule has 92 valence electrons. The standard InChI is InChI=1S/C14H13NO3/c1-18-14(17)10-7-8-12(13(16)9-10)15-11-5-3-2-4-6-11/h2-9,15-16H,1H3. The van der Waals surface area contributed by atoms with Crippen LogP contribution in [-0.4, -0.2) is 18.2 Å². The molecule has 0 aromatic heterocycles. The first-order chi connectivity index (χ1) is 8.70. The second-order valence-electron chi connectivity index (χ2n) is 3.71.